The van der Waals surface area contributed by atoms with Gasteiger partial charge in [0.15, 0.2) is 0 Å². The topological polar surface area (TPSA) is 46.5 Å². The predicted molar refractivity (Wildman–Crippen MR) is 91.7 cm³/mol. The SMILES string of the molecule is O=C1CC(O)CC(C=Cc2ccccc2C2=CCCCCC2)O1. The summed E-state index contributed by atoms with van der Waals surface area (Å²) < 4.78 is 5.28. The first-order valence-electron chi connectivity index (χ1n) is 8.56. The van der Waals surface area contributed by atoms with E-state index in [1.165, 1.54) is 30.4 Å². The molecule has 3 heteroatoms. The Morgan fingerprint density at radius 2 is 2.04 bits per heavy atom. The number of rotatable bonds is 3. The van der Waals surface area contributed by atoms with Crippen molar-refractivity contribution in [1.82, 2.24) is 0 Å². The first-order chi connectivity index (χ1) is 11.2. The van der Waals surface area contributed by atoms with E-state index in [1.54, 1.807) is 0 Å². The highest BCUT2D eigenvalue weighted by molar-refractivity contribution is 5.75. The molecular formula is C20H24O3. The van der Waals surface area contributed by atoms with E-state index in [2.05, 4.69) is 24.3 Å². The lowest BCUT2D eigenvalue weighted by Gasteiger charge is -2.23. The minimum atomic E-state index is -0.592. The molecule has 0 radical (unpaired) electrons. The zero-order chi connectivity index (χ0) is 16.1. The highest BCUT2D eigenvalue weighted by Crippen LogP contribution is 2.29. The van der Waals surface area contributed by atoms with E-state index in [-0.39, 0.29) is 18.5 Å². The van der Waals surface area contributed by atoms with Crippen molar-refractivity contribution >= 4 is 17.6 Å². The molecule has 1 saturated heterocycles. The van der Waals surface area contributed by atoms with Crippen LogP contribution in [0, 0.1) is 0 Å². The standard InChI is InChI=1S/C20H24O3/c21-17-13-18(23-20(22)14-17)12-11-16-9-5-6-10-19(16)15-7-3-1-2-4-8-15/h5-7,9-12,17-18,21H,1-4,8,13-14H2. The van der Waals surface area contributed by atoms with Gasteiger partial charge in [-0.05, 0) is 48.5 Å². The number of benzene rings is 1. The molecule has 1 heterocycles. The third kappa shape index (κ3) is 4.32. The number of hydrogen-bond acceptors (Lipinski definition) is 3. The predicted octanol–water partition coefficient (Wildman–Crippen LogP) is 4.11. The van der Waals surface area contributed by atoms with Crippen LogP contribution < -0.4 is 0 Å². The highest BCUT2D eigenvalue weighted by atomic mass is 16.5. The second kappa shape index (κ2) is 7.60. The molecule has 2 aliphatic rings. The normalized spacial score (nSPS) is 25.8. The highest BCUT2D eigenvalue weighted by Gasteiger charge is 2.25. The van der Waals surface area contributed by atoms with Gasteiger partial charge in [-0.1, -0.05) is 42.8 Å². The molecule has 0 saturated carbocycles. The Hall–Kier alpha value is -1.87. The Balaban J connectivity index is 1.79. The molecule has 1 aromatic rings. The van der Waals surface area contributed by atoms with Crippen molar-refractivity contribution in [3.8, 4) is 0 Å². The number of carbonyl (C=O) groups excluding carboxylic acids is 1. The van der Waals surface area contributed by atoms with Crippen molar-refractivity contribution in [3.63, 3.8) is 0 Å². The van der Waals surface area contributed by atoms with E-state index in [1.807, 2.05) is 18.2 Å². The van der Waals surface area contributed by atoms with Crippen LogP contribution in [0.5, 0.6) is 0 Å². The van der Waals surface area contributed by atoms with Crippen LogP contribution in [0.15, 0.2) is 36.4 Å². The Morgan fingerprint density at radius 1 is 1.17 bits per heavy atom. The molecule has 1 N–H and O–H groups in total. The van der Waals surface area contributed by atoms with Crippen molar-refractivity contribution in [2.75, 3.05) is 0 Å². The fraction of sp³-hybridized carbons (Fsp3) is 0.450. The van der Waals surface area contributed by atoms with Crippen LogP contribution in [0.1, 0.15) is 56.1 Å². The number of hydrogen-bond donors (Lipinski definition) is 1. The number of cyclic esters (lactones) is 1. The van der Waals surface area contributed by atoms with Gasteiger partial charge < -0.3 is 9.84 Å². The van der Waals surface area contributed by atoms with Crippen LogP contribution in [0.4, 0.5) is 0 Å². The number of carbonyl (C=O) groups is 1. The first-order valence-corrected chi connectivity index (χ1v) is 8.56. The fourth-order valence-corrected chi connectivity index (χ4v) is 3.33. The summed E-state index contributed by atoms with van der Waals surface area (Å²) in [5.41, 5.74) is 3.84. The Bertz CT molecular complexity index is 615. The van der Waals surface area contributed by atoms with Crippen molar-refractivity contribution < 1.29 is 14.6 Å². The maximum Gasteiger partial charge on any atom is 0.309 e. The summed E-state index contributed by atoms with van der Waals surface area (Å²) in [4.78, 5) is 11.4. The molecule has 1 aliphatic carbocycles. The summed E-state index contributed by atoms with van der Waals surface area (Å²) >= 11 is 0. The van der Waals surface area contributed by atoms with E-state index in [0.717, 1.165) is 18.4 Å². The lowest BCUT2D eigenvalue weighted by atomic mass is 9.95. The van der Waals surface area contributed by atoms with Gasteiger partial charge in [-0.2, -0.15) is 0 Å². The number of aliphatic hydroxyl groups is 1. The number of allylic oxidation sites excluding steroid dienone is 2. The lowest BCUT2D eigenvalue weighted by Crippen LogP contribution is -2.31. The van der Waals surface area contributed by atoms with Crippen LogP contribution in [0.25, 0.3) is 11.6 Å². The molecule has 1 aromatic carbocycles. The maximum atomic E-state index is 11.4. The van der Waals surface area contributed by atoms with E-state index in [0.29, 0.717) is 6.42 Å². The fourth-order valence-electron chi connectivity index (χ4n) is 3.33. The van der Waals surface area contributed by atoms with Gasteiger partial charge in [0.1, 0.15) is 6.10 Å². The monoisotopic (exact) mass is 312 g/mol. The molecule has 0 aromatic heterocycles. The lowest BCUT2D eigenvalue weighted by molar-refractivity contribution is -0.156. The molecule has 122 valence electrons. The summed E-state index contributed by atoms with van der Waals surface area (Å²) in [5.74, 6) is -0.321. The summed E-state index contributed by atoms with van der Waals surface area (Å²) in [6, 6.07) is 8.36. The number of aliphatic hydroxyl groups excluding tert-OH is 1. The Kier molecular flexibility index (Phi) is 5.29. The largest absolute Gasteiger partial charge is 0.458 e. The van der Waals surface area contributed by atoms with E-state index in [9.17, 15) is 9.90 Å². The molecule has 2 atom stereocenters. The van der Waals surface area contributed by atoms with E-state index in [4.69, 9.17) is 4.74 Å². The Labute approximate surface area is 137 Å². The van der Waals surface area contributed by atoms with E-state index < -0.39 is 6.10 Å². The van der Waals surface area contributed by atoms with Gasteiger partial charge >= 0.3 is 5.97 Å². The molecule has 2 unspecified atom stereocenters. The summed E-state index contributed by atoms with van der Waals surface area (Å²) in [7, 11) is 0. The summed E-state index contributed by atoms with van der Waals surface area (Å²) in [6.45, 7) is 0. The van der Waals surface area contributed by atoms with Crippen molar-refractivity contribution in [2.24, 2.45) is 0 Å². The van der Waals surface area contributed by atoms with Gasteiger partial charge in [0.2, 0.25) is 0 Å². The van der Waals surface area contributed by atoms with Crippen LogP contribution in [0.3, 0.4) is 0 Å². The Morgan fingerprint density at radius 3 is 2.91 bits per heavy atom. The summed E-state index contributed by atoms with van der Waals surface area (Å²) in [5, 5.41) is 9.69. The molecule has 0 amide bonds. The van der Waals surface area contributed by atoms with Gasteiger partial charge in [-0.25, -0.2) is 0 Å². The third-order valence-electron chi connectivity index (χ3n) is 4.53. The molecule has 1 aliphatic heterocycles. The van der Waals surface area contributed by atoms with Gasteiger partial charge in [-0.3, -0.25) is 4.79 Å². The third-order valence-corrected chi connectivity index (χ3v) is 4.53. The van der Waals surface area contributed by atoms with Gasteiger partial charge in [-0.15, -0.1) is 0 Å². The van der Waals surface area contributed by atoms with Crippen LogP contribution in [-0.2, 0) is 9.53 Å². The quantitative estimate of drug-likeness (QED) is 0.854. The van der Waals surface area contributed by atoms with Crippen molar-refractivity contribution in [1.29, 1.82) is 0 Å². The molecule has 3 nitrogen and oxygen atoms in total. The second-order valence-corrected chi connectivity index (χ2v) is 6.40. The zero-order valence-electron chi connectivity index (χ0n) is 13.4. The average Bonchev–Trinajstić information content (AvgIpc) is 2.81. The van der Waals surface area contributed by atoms with Gasteiger partial charge in [0.25, 0.3) is 0 Å². The molecule has 3 rings (SSSR count). The first kappa shape index (κ1) is 16.0. The summed E-state index contributed by atoms with van der Waals surface area (Å²) in [6.07, 6.45) is 12.1. The van der Waals surface area contributed by atoms with Gasteiger partial charge in [0.05, 0.1) is 12.5 Å². The maximum absolute atomic E-state index is 11.4. The molecular weight excluding hydrogens is 288 g/mol. The molecule has 0 bridgehead atoms. The van der Waals surface area contributed by atoms with Gasteiger partial charge in [0, 0.05) is 6.42 Å². The minimum Gasteiger partial charge on any atom is -0.458 e. The van der Waals surface area contributed by atoms with Crippen LogP contribution >= 0.6 is 0 Å². The molecule has 1 fully saturated rings. The second-order valence-electron chi connectivity index (χ2n) is 6.40. The number of esters is 1. The molecule has 0 spiro atoms. The van der Waals surface area contributed by atoms with Crippen molar-refractivity contribution in [2.45, 2.75) is 57.2 Å². The van der Waals surface area contributed by atoms with Crippen molar-refractivity contribution in [3.05, 3.63) is 47.5 Å². The molecule has 23 heavy (non-hydrogen) atoms. The smallest absolute Gasteiger partial charge is 0.309 e. The van der Waals surface area contributed by atoms with Crippen LogP contribution in [0.2, 0.25) is 0 Å². The number of ether oxygens (including phenoxy) is 1. The zero-order valence-corrected chi connectivity index (χ0v) is 13.4. The van der Waals surface area contributed by atoms with Crippen LogP contribution in [-0.4, -0.2) is 23.3 Å². The minimum absolute atomic E-state index is 0.105. The average molecular weight is 312 g/mol. The van der Waals surface area contributed by atoms with E-state index >= 15 is 0 Å².